The first-order valence-electron chi connectivity index (χ1n) is 5.79. The maximum absolute atomic E-state index is 11.4. The summed E-state index contributed by atoms with van der Waals surface area (Å²) in [7, 11) is -3.83. The zero-order valence-corrected chi connectivity index (χ0v) is 11.4. The predicted molar refractivity (Wildman–Crippen MR) is 69.5 cm³/mol. The standard InChI is InChI=1S/C12H17NO5S/c1-9-5-6-10(11(8-9)19(13,16)17)18-7-3-2-4-12(14)15/h5-6,8H,2-4,7H2,1H3,(H,14,15)(H2,13,16,17). The Kier molecular flexibility index (Phi) is 5.31. The van der Waals surface area contributed by atoms with Crippen LogP contribution in [-0.2, 0) is 14.8 Å². The number of aryl methyl sites for hydroxylation is 1. The molecular formula is C12H17NO5S. The topological polar surface area (TPSA) is 107 Å². The molecule has 3 N–H and O–H groups in total. The monoisotopic (exact) mass is 287 g/mol. The smallest absolute Gasteiger partial charge is 0.303 e. The SMILES string of the molecule is Cc1ccc(OCCCCC(=O)O)c(S(N)(=O)=O)c1. The number of benzene rings is 1. The highest BCUT2D eigenvalue weighted by Gasteiger charge is 2.15. The number of carboxylic acids is 1. The third kappa shape index (κ3) is 5.27. The van der Waals surface area contributed by atoms with Crippen LogP contribution in [0.5, 0.6) is 5.75 Å². The number of hydrogen-bond acceptors (Lipinski definition) is 4. The van der Waals surface area contributed by atoms with E-state index in [1.165, 1.54) is 6.07 Å². The van der Waals surface area contributed by atoms with Crippen LogP contribution in [0.1, 0.15) is 24.8 Å². The van der Waals surface area contributed by atoms with Gasteiger partial charge in [-0.05, 0) is 37.5 Å². The van der Waals surface area contributed by atoms with Crippen LogP contribution in [0.4, 0.5) is 0 Å². The first-order valence-corrected chi connectivity index (χ1v) is 7.33. The van der Waals surface area contributed by atoms with Gasteiger partial charge in [0.25, 0.3) is 0 Å². The highest BCUT2D eigenvalue weighted by molar-refractivity contribution is 7.89. The Balaban J connectivity index is 2.66. The van der Waals surface area contributed by atoms with E-state index >= 15 is 0 Å². The quantitative estimate of drug-likeness (QED) is 0.734. The summed E-state index contributed by atoms with van der Waals surface area (Å²) < 4.78 is 28.2. The Morgan fingerprint density at radius 3 is 2.63 bits per heavy atom. The molecule has 0 radical (unpaired) electrons. The summed E-state index contributed by atoms with van der Waals surface area (Å²) in [6.07, 6.45) is 1.08. The van der Waals surface area contributed by atoms with Crippen LogP contribution in [0.2, 0.25) is 0 Å². The van der Waals surface area contributed by atoms with E-state index in [0.717, 1.165) is 5.56 Å². The molecule has 6 nitrogen and oxygen atoms in total. The van der Waals surface area contributed by atoms with Crippen molar-refractivity contribution in [2.24, 2.45) is 5.14 Å². The zero-order chi connectivity index (χ0) is 14.5. The van der Waals surface area contributed by atoms with Crippen LogP contribution in [0.15, 0.2) is 23.1 Å². The van der Waals surface area contributed by atoms with Crippen molar-refractivity contribution in [2.45, 2.75) is 31.1 Å². The molecule has 0 aliphatic rings. The Morgan fingerprint density at radius 1 is 1.37 bits per heavy atom. The lowest BCUT2D eigenvalue weighted by Crippen LogP contribution is -2.14. The second-order valence-electron chi connectivity index (χ2n) is 4.19. The van der Waals surface area contributed by atoms with E-state index in [-0.39, 0.29) is 23.7 Å². The minimum atomic E-state index is -3.83. The highest BCUT2D eigenvalue weighted by Crippen LogP contribution is 2.24. The van der Waals surface area contributed by atoms with Crippen molar-refractivity contribution < 1.29 is 23.1 Å². The van der Waals surface area contributed by atoms with Crippen molar-refractivity contribution >= 4 is 16.0 Å². The lowest BCUT2D eigenvalue weighted by molar-refractivity contribution is -0.137. The molecule has 0 aliphatic heterocycles. The Bertz CT molecular complexity index is 553. The number of rotatable bonds is 7. The third-order valence-corrected chi connectivity index (χ3v) is 3.38. The summed E-state index contributed by atoms with van der Waals surface area (Å²) in [6, 6.07) is 4.72. The number of ether oxygens (including phenoxy) is 1. The lowest BCUT2D eigenvalue weighted by atomic mass is 10.2. The number of unbranched alkanes of at least 4 members (excludes halogenated alkanes) is 1. The number of primary sulfonamides is 1. The summed E-state index contributed by atoms with van der Waals surface area (Å²) in [5, 5.41) is 13.6. The average molecular weight is 287 g/mol. The number of carbonyl (C=O) groups is 1. The van der Waals surface area contributed by atoms with Gasteiger partial charge in [-0.2, -0.15) is 0 Å². The molecule has 1 aromatic carbocycles. The summed E-state index contributed by atoms with van der Waals surface area (Å²) in [4.78, 5) is 10.3. The van der Waals surface area contributed by atoms with E-state index in [1.807, 2.05) is 0 Å². The van der Waals surface area contributed by atoms with Crippen molar-refractivity contribution in [2.75, 3.05) is 6.61 Å². The molecule has 0 heterocycles. The molecule has 0 bridgehead atoms. The second kappa shape index (κ2) is 6.53. The highest BCUT2D eigenvalue weighted by atomic mass is 32.2. The van der Waals surface area contributed by atoms with Gasteiger partial charge in [-0.1, -0.05) is 6.07 Å². The van der Waals surface area contributed by atoms with Gasteiger partial charge in [0.05, 0.1) is 6.61 Å². The zero-order valence-electron chi connectivity index (χ0n) is 10.6. The predicted octanol–water partition coefficient (Wildman–Crippen LogP) is 1.28. The fraction of sp³-hybridized carbons (Fsp3) is 0.417. The third-order valence-electron chi connectivity index (χ3n) is 2.45. The number of sulfonamides is 1. The number of nitrogens with two attached hydrogens (primary N) is 1. The molecule has 0 spiro atoms. The maximum Gasteiger partial charge on any atom is 0.303 e. The number of hydrogen-bond donors (Lipinski definition) is 2. The lowest BCUT2D eigenvalue weighted by Gasteiger charge is -2.10. The van der Waals surface area contributed by atoms with Gasteiger partial charge in [-0.3, -0.25) is 4.79 Å². The minimum Gasteiger partial charge on any atom is -0.492 e. The van der Waals surface area contributed by atoms with Gasteiger partial charge in [0, 0.05) is 6.42 Å². The van der Waals surface area contributed by atoms with Gasteiger partial charge in [-0.15, -0.1) is 0 Å². The average Bonchev–Trinajstić information content (AvgIpc) is 2.28. The van der Waals surface area contributed by atoms with Crippen molar-refractivity contribution in [1.29, 1.82) is 0 Å². The van der Waals surface area contributed by atoms with Crippen LogP contribution in [0.25, 0.3) is 0 Å². The molecular weight excluding hydrogens is 270 g/mol. The van der Waals surface area contributed by atoms with E-state index in [4.69, 9.17) is 15.0 Å². The van der Waals surface area contributed by atoms with E-state index in [2.05, 4.69) is 0 Å². The van der Waals surface area contributed by atoms with Gasteiger partial charge >= 0.3 is 5.97 Å². The van der Waals surface area contributed by atoms with Crippen LogP contribution in [0.3, 0.4) is 0 Å². The Labute approximate surface area is 112 Å². The summed E-state index contributed by atoms with van der Waals surface area (Å²) in [6.45, 7) is 2.00. The molecule has 7 heteroatoms. The van der Waals surface area contributed by atoms with Crippen molar-refractivity contribution in [3.05, 3.63) is 23.8 Å². The fourth-order valence-electron chi connectivity index (χ4n) is 1.52. The van der Waals surface area contributed by atoms with E-state index in [9.17, 15) is 13.2 Å². The fourth-order valence-corrected chi connectivity index (χ4v) is 2.27. The maximum atomic E-state index is 11.4. The molecule has 0 unspecified atom stereocenters. The summed E-state index contributed by atoms with van der Waals surface area (Å²) >= 11 is 0. The van der Waals surface area contributed by atoms with Crippen molar-refractivity contribution in [3.8, 4) is 5.75 Å². The minimum absolute atomic E-state index is 0.0502. The van der Waals surface area contributed by atoms with Crippen LogP contribution in [-0.4, -0.2) is 26.1 Å². The molecule has 0 saturated carbocycles. The van der Waals surface area contributed by atoms with Gasteiger partial charge in [0.1, 0.15) is 10.6 Å². The molecule has 0 aliphatic carbocycles. The van der Waals surface area contributed by atoms with Crippen molar-refractivity contribution in [1.82, 2.24) is 0 Å². The second-order valence-corrected chi connectivity index (χ2v) is 5.72. The first-order chi connectivity index (χ1) is 8.80. The largest absolute Gasteiger partial charge is 0.492 e. The van der Waals surface area contributed by atoms with E-state index in [1.54, 1.807) is 19.1 Å². The van der Waals surface area contributed by atoms with Gasteiger partial charge in [-0.25, -0.2) is 13.6 Å². The van der Waals surface area contributed by atoms with Gasteiger partial charge < -0.3 is 9.84 Å². The Morgan fingerprint density at radius 2 is 2.05 bits per heavy atom. The van der Waals surface area contributed by atoms with Crippen LogP contribution in [0, 0.1) is 6.92 Å². The van der Waals surface area contributed by atoms with Crippen molar-refractivity contribution in [3.63, 3.8) is 0 Å². The summed E-state index contributed by atoms with van der Waals surface area (Å²) in [5.74, 6) is -0.663. The normalized spacial score (nSPS) is 11.3. The molecule has 1 aromatic rings. The molecule has 0 aromatic heterocycles. The van der Waals surface area contributed by atoms with Gasteiger partial charge in [0.2, 0.25) is 10.0 Å². The van der Waals surface area contributed by atoms with Crippen LogP contribution >= 0.6 is 0 Å². The molecule has 0 amide bonds. The number of aliphatic carboxylic acids is 1. The molecule has 0 saturated heterocycles. The number of carboxylic acid groups (broad SMARTS) is 1. The molecule has 1 rings (SSSR count). The van der Waals surface area contributed by atoms with E-state index < -0.39 is 16.0 Å². The van der Waals surface area contributed by atoms with E-state index in [0.29, 0.717) is 12.8 Å². The Hall–Kier alpha value is -1.60. The molecule has 19 heavy (non-hydrogen) atoms. The molecule has 106 valence electrons. The van der Waals surface area contributed by atoms with Crippen LogP contribution < -0.4 is 9.88 Å². The molecule has 0 atom stereocenters. The molecule has 0 fully saturated rings. The summed E-state index contributed by atoms with van der Waals surface area (Å²) in [5.41, 5.74) is 0.766. The van der Waals surface area contributed by atoms with Gasteiger partial charge in [0.15, 0.2) is 0 Å². The first kappa shape index (κ1) is 15.5.